The highest BCUT2D eigenvalue weighted by molar-refractivity contribution is 5.98. The maximum atomic E-state index is 13.3. The summed E-state index contributed by atoms with van der Waals surface area (Å²) in [6, 6.07) is 34.2. The van der Waals surface area contributed by atoms with E-state index in [0.717, 1.165) is 11.1 Å². The van der Waals surface area contributed by atoms with Crippen LogP contribution >= 0.6 is 0 Å². The Morgan fingerprint density at radius 2 is 1.32 bits per heavy atom. The Bertz CT molecular complexity index is 1300. The molecule has 5 rings (SSSR count). The summed E-state index contributed by atoms with van der Waals surface area (Å²) in [6.07, 6.45) is 3.80. The maximum Gasteiger partial charge on any atom is 0.238 e. The number of rotatable bonds is 7. The first-order chi connectivity index (χ1) is 16.8. The van der Waals surface area contributed by atoms with Gasteiger partial charge in [0.1, 0.15) is 5.75 Å². The number of nitrogens with one attached hydrogen (secondary N) is 1. The molecule has 0 aliphatic rings. The lowest BCUT2D eigenvalue weighted by molar-refractivity contribution is -0.116. The van der Waals surface area contributed by atoms with Crippen LogP contribution in [0.15, 0.2) is 122 Å². The minimum atomic E-state index is -0.410. The number of ether oxygens (including phenoxy) is 1. The number of anilines is 1. The third-order valence-electron chi connectivity index (χ3n) is 5.37. The molecule has 6 nitrogen and oxygen atoms in total. The van der Waals surface area contributed by atoms with Crippen molar-refractivity contribution in [2.45, 2.75) is 5.92 Å². The fourth-order valence-electron chi connectivity index (χ4n) is 3.72. The van der Waals surface area contributed by atoms with Gasteiger partial charge in [-0.25, -0.2) is 0 Å². The van der Waals surface area contributed by atoms with E-state index in [2.05, 4.69) is 15.5 Å². The molecular weight excluding hydrogens is 424 g/mol. The Balaban J connectivity index is 1.28. The Kier molecular flexibility index (Phi) is 6.12. The van der Waals surface area contributed by atoms with Crippen LogP contribution in [0, 0.1) is 0 Å². The van der Waals surface area contributed by atoms with E-state index in [1.807, 2.05) is 108 Å². The Morgan fingerprint density at radius 3 is 1.88 bits per heavy atom. The summed E-state index contributed by atoms with van der Waals surface area (Å²) in [4.78, 5) is 13.3. The van der Waals surface area contributed by atoms with Crippen LogP contribution in [0.2, 0.25) is 0 Å². The Labute approximate surface area is 197 Å². The number of hydrogen-bond donors (Lipinski definition) is 1. The van der Waals surface area contributed by atoms with Crippen molar-refractivity contribution in [2.75, 3.05) is 5.32 Å². The van der Waals surface area contributed by atoms with E-state index in [0.29, 0.717) is 23.1 Å². The van der Waals surface area contributed by atoms with Crippen molar-refractivity contribution in [1.82, 2.24) is 14.8 Å². The van der Waals surface area contributed by atoms with E-state index in [-0.39, 0.29) is 5.91 Å². The summed E-state index contributed by atoms with van der Waals surface area (Å²) in [6.45, 7) is 0. The number of amides is 1. The van der Waals surface area contributed by atoms with Gasteiger partial charge in [0.05, 0.1) is 5.92 Å². The smallest absolute Gasteiger partial charge is 0.238 e. The maximum absolute atomic E-state index is 13.3. The molecular formula is C28H22N4O2. The van der Waals surface area contributed by atoms with Crippen LogP contribution in [-0.2, 0) is 4.79 Å². The minimum absolute atomic E-state index is 0.0995. The minimum Gasteiger partial charge on any atom is -0.438 e. The van der Waals surface area contributed by atoms with Gasteiger partial charge in [0, 0.05) is 24.1 Å². The van der Waals surface area contributed by atoms with Gasteiger partial charge in [-0.05, 0) is 53.6 Å². The van der Waals surface area contributed by atoms with Crippen LogP contribution in [0.5, 0.6) is 11.6 Å². The fourth-order valence-corrected chi connectivity index (χ4v) is 3.72. The van der Waals surface area contributed by atoms with E-state index >= 15 is 0 Å². The molecule has 1 N–H and O–H groups in total. The lowest BCUT2D eigenvalue weighted by atomic mass is 9.90. The third kappa shape index (κ3) is 4.86. The highest BCUT2D eigenvalue weighted by Crippen LogP contribution is 2.27. The van der Waals surface area contributed by atoms with Gasteiger partial charge in [0.25, 0.3) is 0 Å². The average Bonchev–Trinajstić information content (AvgIpc) is 3.42. The van der Waals surface area contributed by atoms with Crippen molar-refractivity contribution >= 4 is 11.6 Å². The molecule has 166 valence electrons. The van der Waals surface area contributed by atoms with Crippen molar-refractivity contribution in [3.63, 3.8) is 0 Å². The first kappa shape index (κ1) is 21.2. The van der Waals surface area contributed by atoms with Gasteiger partial charge in [0.15, 0.2) is 5.82 Å². The average molecular weight is 447 g/mol. The molecule has 0 saturated carbocycles. The van der Waals surface area contributed by atoms with Crippen molar-refractivity contribution in [3.05, 3.63) is 133 Å². The summed E-state index contributed by atoms with van der Waals surface area (Å²) in [7, 11) is 0. The number of nitrogens with zero attached hydrogens (tertiary/aromatic N) is 3. The molecule has 1 amide bonds. The zero-order valence-electron chi connectivity index (χ0n) is 18.3. The lowest BCUT2D eigenvalue weighted by Crippen LogP contribution is -2.22. The van der Waals surface area contributed by atoms with Crippen LogP contribution < -0.4 is 10.1 Å². The normalized spacial score (nSPS) is 10.7. The molecule has 0 spiro atoms. The Hall–Kier alpha value is -4.71. The molecule has 0 atom stereocenters. The number of aromatic nitrogens is 3. The third-order valence-corrected chi connectivity index (χ3v) is 5.37. The number of carbonyl (C=O) groups is 1. The SMILES string of the molecule is O=C(Nc1ccc(Oc2ccc(-n3cccc3)nn2)cc1)C(c1ccccc1)c1ccccc1. The summed E-state index contributed by atoms with van der Waals surface area (Å²) in [5.41, 5.74) is 2.56. The van der Waals surface area contributed by atoms with Crippen LogP contribution in [0.3, 0.4) is 0 Å². The van der Waals surface area contributed by atoms with Crippen LogP contribution in [0.25, 0.3) is 5.82 Å². The highest BCUT2D eigenvalue weighted by atomic mass is 16.5. The number of hydrogen-bond acceptors (Lipinski definition) is 4. The molecule has 2 aromatic heterocycles. The molecule has 34 heavy (non-hydrogen) atoms. The van der Waals surface area contributed by atoms with E-state index < -0.39 is 5.92 Å². The second-order valence-electron chi connectivity index (χ2n) is 7.69. The quantitative estimate of drug-likeness (QED) is 0.341. The van der Waals surface area contributed by atoms with Gasteiger partial charge in [-0.1, -0.05) is 60.7 Å². The topological polar surface area (TPSA) is 69.0 Å². The van der Waals surface area contributed by atoms with Gasteiger partial charge in [0.2, 0.25) is 11.8 Å². The van der Waals surface area contributed by atoms with Gasteiger partial charge >= 0.3 is 0 Å². The van der Waals surface area contributed by atoms with E-state index in [4.69, 9.17) is 4.74 Å². The van der Waals surface area contributed by atoms with E-state index in [1.165, 1.54) is 0 Å². The van der Waals surface area contributed by atoms with E-state index in [9.17, 15) is 4.79 Å². The second-order valence-corrected chi connectivity index (χ2v) is 7.69. The fraction of sp³-hybridized carbons (Fsp3) is 0.0357. The molecule has 6 heteroatoms. The zero-order chi connectivity index (χ0) is 23.2. The van der Waals surface area contributed by atoms with Gasteiger partial charge in [-0.15, -0.1) is 10.2 Å². The predicted molar refractivity (Wildman–Crippen MR) is 131 cm³/mol. The molecule has 0 saturated heterocycles. The number of carbonyl (C=O) groups excluding carboxylic acids is 1. The molecule has 2 heterocycles. The van der Waals surface area contributed by atoms with E-state index in [1.54, 1.807) is 18.2 Å². The highest BCUT2D eigenvalue weighted by Gasteiger charge is 2.22. The van der Waals surface area contributed by atoms with Gasteiger partial charge in [-0.2, -0.15) is 0 Å². The number of benzene rings is 3. The molecule has 0 aliphatic carbocycles. The standard InChI is InChI=1S/C28H22N4O2/c33-28(27(21-9-3-1-4-10-21)22-11-5-2-6-12-22)29-23-13-15-24(16-14-23)34-26-18-17-25(30-31-26)32-19-7-8-20-32/h1-20,27H,(H,29,33). The van der Waals surface area contributed by atoms with Crippen LogP contribution in [0.1, 0.15) is 17.0 Å². The molecule has 0 aliphatic heterocycles. The summed E-state index contributed by atoms with van der Waals surface area (Å²) < 4.78 is 7.67. The lowest BCUT2D eigenvalue weighted by Gasteiger charge is -2.18. The van der Waals surface area contributed by atoms with Gasteiger partial charge in [-0.3, -0.25) is 4.79 Å². The largest absolute Gasteiger partial charge is 0.438 e. The van der Waals surface area contributed by atoms with Crippen molar-refractivity contribution < 1.29 is 9.53 Å². The van der Waals surface area contributed by atoms with Crippen molar-refractivity contribution in [3.8, 4) is 17.4 Å². The first-order valence-electron chi connectivity index (χ1n) is 10.9. The van der Waals surface area contributed by atoms with Gasteiger partial charge < -0.3 is 14.6 Å². The molecule has 0 bridgehead atoms. The van der Waals surface area contributed by atoms with Crippen molar-refractivity contribution in [2.24, 2.45) is 0 Å². The zero-order valence-corrected chi connectivity index (χ0v) is 18.3. The summed E-state index contributed by atoms with van der Waals surface area (Å²) >= 11 is 0. The molecule has 0 radical (unpaired) electrons. The Morgan fingerprint density at radius 1 is 0.706 bits per heavy atom. The molecule has 0 fully saturated rings. The predicted octanol–water partition coefficient (Wildman–Crippen LogP) is 5.83. The summed E-state index contributed by atoms with van der Waals surface area (Å²) in [5, 5.41) is 11.3. The summed E-state index contributed by atoms with van der Waals surface area (Å²) in [5.74, 6) is 1.19. The first-order valence-corrected chi connectivity index (χ1v) is 10.9. The van der Waals surface area contributed by atoms with Crippen molar-refractivity contribution in [1.29, 1.82) is 0 Å². The molecule has 5 aromatic rings. The van der Waals surface area contributed by atoms with Crippen LogP contribution in [-0.4, -0.2) is 20.7 Å². The molecule has 0 unspecified atom stereocenters. The second kappa shape index (κ2) is 9.83. The molecule has 3 aromatic carbocycles. The van der Waals surface area contributed by atoms with Crippen LogP contribution in [0.4, 0.5) is 5.69 Å². The monoisotopic (exact) mass is 446 g/mol.